The maximum Gasteiger partial charge on any atom is 0.246 e. The lowest BCUT2D eigenvalue weighted by molar-refractivity contribution is -0.138. The summed E-state index contributed by atoms with van der Waals surface area (Å²) in [6, 6.07) is 18.4. The fourth-order valence-electron chi connectivity index (χ4n) is 3.86. The van der Waals surface area contributed by atoms with Gasteiger partial charge in [0, 0.05) is 29.4 Å². The van der Waals surface area contributed by atoms with Crippen LogP contribution in [0.1, 0.15) is 52.0 Å². The first-order chi connectivity index (χ1) is 15.8. The normalized spacial score (nSPS) is 13.4. The predicted octanol–water partition coefficient (Wildman–Crippen LogP) is 5.25. The van der Waals surface area contributed by atoms with E-state index in [9.17, 15) is 9.59 Å². The van der Waals surface area contributed by atoms with Crippen molar-refractivity contribution in [3.8, 4) is 16.9 Å². The second-order valence-electron chi connectivity index (χ2n) is 9.33. The third-order valence-corrected chi connectivity index (χ3v) is 5.94. The number of rotatable bonds is 8. The maximum atomic E-state index is 13.0. The Morgan fingerprint density at radius 2 is 1.70 bits per heavy atom. The number of aromatic nitrogens is 2. The third kappa shape index (κ3) is 5.33. The van der Waals surface area contributed by atoms with Crippen molar-refractivity contribution in [2.75, 3.05) is 11.9 Å². The van der Waals surface area contributed by atoms with Crippen LogP contribution in [0.3, 0.4) is 0 Å². The van der Waals surface area contributed by atoms with Crippen molar-refractivity contribution in [2.45, 2.75) is 52.5 Å². The number of imidazole rings is 1. The first-order valence-electron chi connectivity index (χ1n) is 11.7. The predicted molar refractivity (Wildman–Crippen MR) is 131 cm³/mol. The monoisotopic (exact) mass is 444 g/mol. The van der Waals surface area contributed by atoms with E-state index in [2.05, 4.69) is 31.3 Å². The molecule has 0 saturated heterocycles. The van der Waals surface area contributed by atoms with E-state index in [1.807, 2.05) is 67.1 Å². The van der Waals surface area contributed by atoms with Crippen LogP contribution in [-0.4, -0.2) is 38.9 Å². The summed E-state index contributed by atoms with van der Waals surface area (Å²) in [6.07, 6.45) is 3.86. The van der Waals surface area contributed by atoms with Crippen molar-refractivity contribution in [1.82, 2.24) is 14.5 Å². The van der Waals surface area contributed by atoms with E-state index in [0.29, 0.717) is 11.9 Å². The number of nitrogens with one attached hydrogen (secondary N) is 1. The van der Waals surface area contributed by atoms with Gasteiger partial charge in [-0.15, -0.1) is 0 Å². The van der Waals surface area contributed by atoms with Crippen molar-refractivity contribution >= 4 is 17.8 Å². The van der Waals surface area contributed by atoms with Gasteiger partial charge in [-0.2, -0.15) is 0 Å². The smallest absolute Gasteiger partial charge is 0.246 e. The van der Waals surface area contributed by atoms with Gasteiger partial charge in [0.1, 0.15) is 6.54 Å². The number of nitrogens with zero attached hydrogens (tertiary/aromatic N) is 3. The van der Waals surface area contributed by atoms with Crippen LogP contribution >= 0.6 is 0 Å². The molecule has 1 aromatic heterocycles. The molecule has 0 spiro atoms. The summed E-state index contributed by atoms with van der Waals surface area (Å²) in [4.78, 5) is 32.0. The molecule has 0 aliphatic heterocycles. The molecule has 6 nitrogen and oxygen atoms in total. The number of hydrogen-bond donors (Lipinski definition) is 1. The molecule has 2 amide bonds. The maximum absolute atomic E-state index is 13.0. The van der Waals surface area contributed by atoms with Crippen LogP contribution in [0.5, 0.6) is 0 Å². The molecule has 1 saturated carbocycles. The van der Waals surface area contributed by atoms with Gasteiger partial charge in [-0.1, -0.05) is 70.2 Å². The average Bonchev–Trinajstić information content (AvgIpc) is 3.57. The van der Waals surface area contributed by atoms with E-state index in [0.717, 1.165) is 29.8 Å². The molecule has 0 unspecified atom stereocenters. The van der Waals surface area contributed by atoms with Crippen LogP contribution in [0, 0.1) is 5.92 Å². The number of hydrogen-bond acceptors (Lipinski definition) is 3. The quantitative estimate of drug-likeness (QED) is 0.516. The second-order valence-corrected chi connectivity index (χ2v) is 9.33. The fraction of sp³-hybridized carbons (Fsp3) is 0.370. The van der Waals surface area contributed by atoms with Gasteiger partial charge in [-0.05, 0) is 36.5 Å². The largest absolute Gasteiger partial charge is 0.330 e. The Kier molecular flexibility index (Phi) is 6.63. The molecule has 1 aliphatic rings. The summed E-state index contributed by atoms with van der Waals surface area (Å²) in [5.74, 6) is 0.535. The number of anilines is 1. The van der Waals surface area contributed by atoms with Gasteiger partial charge in [0.25, 0.3) is 0 Å². The molecule has 1 heterocycles. The van der Waals surface area contributed by atoms with Crippen molar-refractivity contribution in [2.24, 2.45) is 5.92 Å². The standard InChI is InChI=1S/C27H32N4O2/c1-18(2)20-10-12-23(13-11-20)31-16-24(21-8-6-5-7-9-21)28-27(31)29-25(32)17-30(22-14-15-22)26(33)19(3)4/h5-13,16,18-19,22H,14-15,17H2,1-4H3,(H,28,29,32). The molecule has 1 aliphatic carbocycles. The lowest BCUT2D eigenvalue weighted by atomic mass is 10.0. The van der Waals surface area contributed by atoms with E-state index < -0.39 is 0 Å². The van der Waals surface area contributed by atoms with Crippen molar-refractivity contribution in [3.05, 3.63) is 66.4 Å². The first-order valence-corrected chi connectivity index (χ1v) is 11.7. The van der Waals surface area contributed by atoms with Crippen LogP contribution in [-0.2, 0) is 9.59 Å². The highest BCUT2D eigenvalue weighted by Crippen LogP contribution is 2.29. The fourth-order valence-corrected chi connectivity index (χ4v) is 3.86. The summed E-state index contributed by atoms with van der Waals surface area (Å²) < 4.78 is 1.90. The molecule has 0 radical (unpaired) electrons. The second kappa shape index (κ2) is 9.61. The molecule has 1 fully saturated rings. The number of amides is 2. The third-order valence-electron chi connectivity index (χ3n) is 5.94. The molecule has 3 aromatic rings. The van der Waals surface area contributed by atoms with Crippen molar-refractivity contribution < 1.29 is 9.59 Å². The van der Waals surface area contributed by atoms with Gasteiger partial charge in [-0.3, -0.25) is 19.5 Å². The van der Waals surface area contributed by atoms with Crippen molar-refractivity contribution in [3.63, 3.8) is 0 Å². The van der Waals surface area contributed by atoms with Gasteiger partial charge in [0.05, 0.1) is 5.69 Å². The molecule has 0 bridgehead atoms. The summed E-state index contributed by atoms with van der Waals surface area (Å²) in [5.41, 5.74) is 3.91. The Hall–Kier alpha value is -3.41. The topological polar surface area (TPSA) is 67.2 Å². The zero-order valence-corrected chi connectivity index (χ0v) is 19.8. The van der Waals surface area contributed by atoms with Crippen LogP contribution in [0.4, 0.5) is 5.95 Å². The molecular formula is C27H32N4O2. The average molecular weight is 445 g/mol. The summed E-state index contributed by atoms with van der Waals surface area (Å²) in [6.45, 7) is 8.11. The molecule has 33 heavy (non-hydrogen) atoms. The lowest BCUT2D eigenvalue weighted by Crippen LogP contribution is -2.41. The van der Waals surface area contributed by atoms with E-state index >= 15 is 0 Å². The van der Waals surface area contributed by atoms with E-state index in [-0.39, 0.29) is 30.3 Å². The van der Waals surface area contributed by atoms with Gasteiger partial charge in [0.15, 0.2) is 0 Å². The first kappa shape index (κ1) is 22.8. The van der Waals surface area contributed by atoms with Crippen LogP contribution in [0.2, 0.25) is 0 Å². The van der Waals surface area contributed by atoms with E-state index in [1.165, 1.54) is 5.56 Å². The SMILES string of the molecule is CC(C)C(=O)N(CC(=O)Nc1nc(-c2ccccc2)cn1-c1ccc(C(C)C)cc1)C1CC1. The van der Waals surface area contributed by atoms with Crippen LogP contribution < -0.4 is 5.32 Å². The highest BCUT2D eigenvalue weighted by molar-refractivity contribution is 5.94. The zero-order chi connectivity index (χ0) is 23.5. The lowest BCUT2D eigenvalue weighted by Gasteiger charge is -2.23. The molecular weight excluding hydrogens is 412 g/mol. The zero-order valence-electron chi connectivity index (χ0n) is 19.8. The molecule has 6 heteroatoms. The number of carbonyl (C=O) groups is 2. The summed E-state index contributed by atoms with van der Waals surface area (Å²) >= 11 is 0. The van der Waals surface area contributed by atoms with Gasteiger partial charge < -0.3 is 4.90 Å². The molecule has 0 atom stereocenters. The Bertz CT molecular complexity index is 1110. The minimum absolute atomic E-state index is 0.0187. The minimum atomic E-state index is -0.235. The van der Waals surface area contributed by atoms with E-state index in [1.54, 1.807) is 4.90 Å². The summed E-state index contributed by atoms with van der Waals surface area (Å²) in [5, 5.41) is 2.96. The van der Waals surface area contributed by atoms with Gasteiger partial charge in [-0.25, -0.2) is 4.98 Å². The molecule has 2 aromatic carbocycles. The van der Waals surface area contributed by atoms with Crippen LogP contribution in [0.15, 0.2) is 60.8 Å². The van der Waals surface area contributed by atoms with Crippen LogP contribution in [0.25, 0.3) is 16.9 Å². The Balaban J connectivity index is 1.62. The Labute approximate surface area is 195 Å². The van der Waals surface area contributed by atoms with Crippen molar-refractivity contribution in [1.29, 1.82) is 0 Å². The highest BCUT2D eigenvalue weighted by atomic mass is 16.2. The van der Waals surface area contributed by atoms with E-state index in [4.69, 9.17) is 4.98 Å². The van der Waals surface area contributed by atoms with Gasteiger partial charge >= 0.3 is 0 Å². The molecule has 172 valence electrons. The Morgan fingerprint density at radius 1 is 1.03 bits per heavy atom. The number of carbonyl (C=O) groups excluding carboxylic acids is 2. The highest BCUT2D eigenvalue weighted by Gasteiger charge is 2.34. The number of benzene rings is 2. The molecule has 4 rings (SSSR count). The summed E-state index contributed by atoms with van der Waals surface area (Å²) in [7, 11) is 0. The van der Waals surface area contributed by atoms with Gasteiger partial charge in [0.2, 0.25) is 17.8 Å². The molecule has 1 N–H and O–H groups in total. The minimum Gasteiger partial charge on any atom is -0.330 e. The Morgan fingerprint density at radius 3 is 2.27 bits per heavy atom.